The van der Waals surface area contributed by atoms with Crippen molar-refractivity contribution in [1.82, 2.24) is 4.90 Å². The predicted molar refractivity (Wildman–Crippen MR) is 57.9 cm³/mol. The van der Waals surface area contributed by atoms with Crippen LogP contribution in [0.15, 0.2) is 0 Å². The minimum absolute atomic E-state index is 0.00250. The first-order chi connectivity index (χ1) is 7.65. The van der Waals surface area contributed by atoms with Crippen LogP contribution in [0.3, 0.4) is 0 Å². The zero-order chi connectivity index (χ0) is 12.0. The monoisotopic (exact) mass is 229 g/mol. The van der Waals surface area contributed by atoms with Gasteiger partial charge in [-0.05, 0) is 12.8 Å². The Hall–Kier alpha value is -1.10. The summed E-state index contributed by atoms with van der Waals surface area (Å²) in [5, 5.41) is 0. The van der Waals surface area contributed by atoms with Crippen molar-refractivity contribution in [3.8, 4) is 0 Å². The fraction of sp³-hybridized carbons (Fsp3) is 0.818. The zero-order valence-corrected chi connectivity index (χ0v) is 9.90. The van der Waals surface area contributed by atoms with Crippen LogP contribution in [0.5, 0.6) is 0 Å². The molecule has 1 rings (SSSR count). The topological polar surface area (TPSA) is 55.8 Å². The summed E-state index contributed by atoms with van der Waals surface area (Å²) >= 11 is 0. The normalized spacial score (nSPS) is 16.9. The van der Waals surface area contributed by atoms with Crippen molar-refractivity contribution in [2.75, 3.05) is 27.4 Å². The summed E-state index contributed by atoms with van der Waals surface area (Å²) in [6.07, 6.45) is 2.13. The molecule has 5 heteroatoms. The second-order valence-corrected chi connectivity index (χ2v) is 3.92. The Balaban J connectivity index is 2.31. The van der Waals surface area contributed by atoms with Gasteiger partial charge in [-0.15, -0.1) is 0 Å². The summed E-state index contributed by atoms with van der Waals surface area (Å²) < 4.78 is 9.73. The Kier molecular flexibility index (Phi) is 5.25. The summed E-state index contributed by atoms with van der Waals surface area (Å²) in [6, 6.07) is 0.249. The molecule has 1 fully saturated rings. The van der Waals surface area contributed by atoms with E-state index in [9.17, 15) is 9.59 Å². The van der Waals surface area contributed by atoms with Crippen molar-refractivity contribution >= 4 is 11.9 Å². The average molecular weight is 229 g/mol. The highest BCUT2D eigenvalue weighted by atomic mass is 16.5. The van der Waals surface area contributed by atoms with Crippen LogP contribution in [-0.2, 0) is 19.1 Å². The molecule has 1 amide bonds. The molecule has 0 aliphatic carbocycles. The Bertz CT molecular complexity index is 248. The lowest BCUT2D eigenvalue weighted by atomic mass is 10.1. The maximum absolute atomic E-state index is 11.7. The lowest BCUT2D eigenvalue weighted by Gasteiger charge is -2.31. The highest BCUT2D eigenvalue weighted by molar-refractivity contribution is 5.81. The van der Waals surface area contributed by atoms with Crippen LogP contribution >= 0.6 is 0 Å². The number of ether oxygens (including phenoxy) is 2. The Morgan fingerprint density at radius 2 is 1.94 bits per heavy atom. The van der Waals surface area contributed by atoms with Crippen molar-refractivity contribution in [3.05, 3.63) is 0 Å². The van der Waals surface area contributed by atoms with E-state index in [1.54, 1.807) is 11.9 Å². The van der Waals surface area contributed by atoms with Gasteiger partial charge in [0.05, 0.1) is 13.5 Å². The van der Waals surface area contributed by atoms with Crippen molar-refractivity contribution in [1.29, 1.82) is 0 Å². The van der Waals surface area contributed by atoms with Crippen LogP contribution in [0.2, 0.25) is 0 Å². The van der Waals surface area contributed by atoms with E-state index in [1.165, 1.54) is 7.11 Å². The van der Waals surface area contributed by atoms with E-state index in [0.29, 0.717) is 13.2 Å². The van der Waals surface area contributed by atoms with Gasteiger partial charge in [-0.2, -0.15) is 0 Å². The van der Waals surface area contributed by atoms with Crippen LogP contribution in [-0.4, -0.2) is 50.2 Å². The van der Waals surface area contributed by atoms with Gasteiger partial charge in [0.25, 0.3) is 0 Å². The van der Waals surface area contributed by atoms with Crippen molar-refractivity contribution in [2.45, 2.75) is 31.7 Å². The van der Waals surface area contributed by atoms with E-state index in [1.807, 2.05) is 0 Å². The summed E-state index contributed by atoms with van der Waals surface area (Å²) in [4.78, 5) is 24.4. The number of carbonyl (C=O) groups is 2. The molecular formula is C11H19NO4. The van der Waals surface area contributed by atoms with E-state index in [2.05, 4.69) is 4.74 Å². The number of carbonyl (C=O) groups excluding carboxylic acids is 2. The lowest BCUT2D eigenvalue weighted by molar-refractivity contribution is -0.144. The molecule has 0 aromatic heterocycles. The van der Waals surface area contributed by atoms with Crippen molar-refractivity contribution < 1.29 is 19.1 Å². The molecule has 0 radical (unpaired) electrons. The number of methoxy groups -OCH3 is 1. The van der Waals surface area contributed by atoms with Crippen molar-refractivity contribution in [3.63, 3.8) is 0 Å². The third kappa shape index (κ3) is 3.81. The number of amides is 1. The number of hydrogen-bond acceptors (Lipinski definition) is 4. The molecule has 0 N–H and O–H groups in total. The van der Waals surface area contributed by atoms with Crippen LogP contribution in [0.25, 0.3) is 0 Å². The lowest BCUT2D eigenvalue weighted by Crippen LogP contribution is -2.40. The molecule has 0 spiro atoms. The third-order valence-corrected chi connectivity index (χ3v) is 2.90. The maximum Gasteiger partial charge on any atom is 0.306 e. The van der Waals surface area contributed by atoms with Gasteiger partial charge in [-0.3, -0.25) is 9.59 Å². The summed E-state index contributed by atoms with van der Waals surface area (Å²) in [7, 11) is 3.12. The number of esters is 1. The molecule has 0 bridgehead atoms. The Morgan fingerprint density at radius 1 is 1.31 bits per heavy atom. The molecule has 1 aliphatic heterocycles. The summed E-state index contributed by atoms with van der Waals surface area (Å²) in [5.41, 5.74) is 0. The van der Waals surface area contributed by atoms with Gasteiger partial charge in [-0.25, -0.2) is 0 Å². The fourth-order valence-electron chi connectivity index (χ4n) is 1.76. The van der Waals surface area contributed by atoms with Gasteiger partial charge in [0.1, 0.15) is 0 Å². The van der Waals surface area contributed by atoms with E-state index in [0.717, 1.165) is 12.8 Å². The number of nitrogens with zero attached hydrogens (tertiary/aromatic N) is 1. The molecule has 16 heavy (non-hydrogen) atoms. The van der Waals surface area contributed by atoms with Gasteiger partial charge in [-0.1, -0.05) is 0 Å². The molecule has 0 saturated carbocycles. The summed E-state index contributed by atoms with van der Waals surface area (Å²) in [5.74, 6) is -0.342. The van der Waals surface area contributed by atoms with Crippen LogP contribution in [0.1, 0.15) is 25.7 Å². The fourth-order valence-corrected chi connectivity index (χ4v) is 1.76. The first-order valence-electron chi connectivity index (χ1n) is 5.55. The standard InChI is InChI=1S/C11H19NO4/c1-12(9-5-7-16-8-6-9)10(13)3-4-11(14)15-2/h9H,3-8H2,1-2H3. The first kappa shape index (κ1) is 13.0. The smallest absolute Gasteiger partial charge is 0.306 e. The van der Waals surface area contributed by atoms with Gasteiger partial charge in [0.15, 0.2) is 0 Å². The van der Waals surface area contributed by atoms with Crippen LogP contribution in [0, 0.1) is 0 Å². The molecule has 0 atom stereocenters. The number of hydrogen-bond donors (Lipinski definition) is 0. The molecule has 0 unspecified atom stereocenters. The minimum atomic E-state index is -0.339. The molecule has 1 aliphatic rings. The Labute approximate surface area is 95.7 Å². The minimum Gasteiger partial charge on any atom is -0.469 e. The second-order valence-electron chi connectivity index (χ2n) is 3.92. The zero-order valence-electron chi connectivity index (χ0n) is 9.90. The Morgan fingerprint density at radius 3 is 2.50 bits per heavy atom. The van der Waals surface area contributed by atoms with Gasteiger partial charge in [0.2, 0.25) is 5.91 Å². The highest BCUT2D eigenvalue weighted by Gasteiger charge is 2.22. The quantitative estimate of drug-likeness (QED) is 0.662. The molecule has 0 aromatic rings. The third-order valence-electron chi connectivity index (χ3n) is 2.90. The molecule has 1 saturated heterocycles. The SMILES string of the molecule is COC(=O)CCC(=O)N(C)C1CCOCC1. The summed E-state index contributed by atoms with van der Waals surface area (Å²) in [6.45, 7) is 1.42. The van der Waals surface area contributed by atoms with Crippen molar-refractivity contribution in [2.24, 2.45) is 0 Å². The van der Waals surface area contributed by atoms with E-state index >= 15 is 0 Å². The second kappa shape index (κ2) is 6.48. The molecular weight excluding hydrogens is 210 g/mol. The average Bonchev–Trinajstić information content (AvgIpc) is 2.35. The molecule has 1 heterocycles. The van der Waals surface area contributed by atoms with Gasteiger partial charge >= 0.3 is 5.97 Å². The first-order valence-corrected chi connectivity index (χ1v) is 5.55. The van der Waals surface area contributed by atoms with Crippen LogP contribution < -0.4 is 0 Å². The molecule has 92 valence electrons. The van der Waals surface area contributed by atoms with E-state index in [-0.39, 0.29) is 30.8 Å². The van der Waals surface area contributed by atoms with Crippen LogP contribution in [0.4, 0.5) is 0 Å². The predicted octanol–water partition coefficient (Wildman–Crippen LogP) is 0.577. The van der Waals surface area contributed by atoms with E-state index < -0.39 is 0 Å². The highest BCUT2D eigenvalue weighted by Crippen LogP contribution is 2.14. The maximum atomic E-state index is 11.7. The van der Waals surface area contributed by atoms with E-state index in [4.69, 9.17) is 4.74 Å². The van der Waals surface area contributed by atoms with Gasteiger partial charge in [0, 0.05) is 32.7 Å². The molecule has 5 nitrogen and oxygen atoms in total. The van der Waals surface area contributed by atoms with Gasteiger partial charge < -0.3 is 14.4 Å². The largest absolute Gasteiger partial charge is 0.469 e. The molecule has 0 aromatic carbocycles. The number of rotatable bonds is 4.